The van der Waals surface area contributed by atoms with E-state index in [9.17, 15) is 4.79 Å². The summed E-state index contributed by atoms with van der Waals surface area (Å²) in [6.07, 6.45) is 6.44. The number of aryl methyl sites for hydroxylation is 2. The van der Waals surface area contributed by atoms with Crippen molar-refractivity contribution < 1.29 is 9.53 Å². The Balaban J connectivity index is 1.52. The lowest BCUT2D eigenvalue weighted by Gasteiger charge is -2.17. The number of fused-ring (bicyclic) bond motifs is 1. The highest BCUT2D eigenvalue weighted by atomic mass is 16.5. The van der Waals surface area contributed by atoms with E-state index in [1.807, 2.05) is 30.3 Å². The second kappa shape index (κ2) is 5.82. The molecule has 1 amide bonds. The summed E-state index contributed by atoms with van der Waals surface area (Å²) in [4.78, 5) is 11.3. The van der Waals surface area contributed by atoms with E-state index in [2.05, 4.69) is 22.3 Å². The fourth-order valence-electron chi connectivity index (χ4n) is 2.41. The average Bonchev–Trinajstić information content (AvgIpc) is 2.97. The van der Waals surface area contributed by atoms with Crippen LogP contribution in [0.25, 0.3) is 0 Å². The number of amides is 1. The van der Waals surface area contributed by atoms with Gasteiger partial charge >= 0.3 is 0 Å². The minimum atomic E-state index is 0.0953. The monoisotopic (exact) mass is 270 g/mol. The Labute approximate surface area is 118 Å². The van der Waals surface area contributed by atoms with Crippen molar-refractivity contribution in [3.05, 3.63) is 48.3 Å². The third-order valence-electron chi connectivity index (χ3n) is 3.47. The molecule has 0 bridgehead atoms. The van der Waals surface area contributed by atoms with Crippen LogP contribution in [0.1, 0.15) is 18.4 Å². The van der Waals surface area contributed by atoms with E-state index in [1.54, 1.807) is 0 Å². The average molecular weight is 270 g/mol. The number of carbonyl (C=O) groups is 1. The summed E-state index contributed by atoms with van der Waals surface area (Å²) in [5, 5.41) is 2.88. The molecular weight excluding hydrogens is 252 g/mol. The molecule has 0 fully saturated rings. The fourth-order valence-corrected chi connectivity index (χ4v) is 2.41. The van der Waals surface area contributed by atoms with E-state index in [0.29, 0.717) is 13.0 Å². The molecule has 0 atom stereocenters. The summed E-state index contributed by atoms with van der Waals surface area (Å²) in [6.45, 7) is 1.66. The predicted octanol–water partition coefficient (Wildman–Crippen LogP) is 2.84. The van der Waals surface area contributed by atoms with Crippen LogP contribution < -0.4 is 10.1 Å². The molecule has 1 aromatic heterocycles. The van der Waals surface area contributed by atoms with Crippen LogP contribution in [0.2, 0.25) is 0 Å². The van der Waals surface area contributed by atoms with Crippen molar-refractivity contribution in [3.63, 3.8) is 0 Å². The molecule has 0 spiro atoms. The minimum Gasteiger partial charge on any atom is -0.494 e. The van der Waals surface area contributed by atoms with Gasteiger partial charge in [-0.1, -0.05) is 0 Å². The van der Waals surface area contributed by atoms with Gasteiger partial charge in [0.05, 0.1) is 6.61 Å². The van der Waals surface area contributed by atoms with Crippen LogP contribution in [-0.4, -0.2) is 17.1 Å². The standard InChI is InChI=1S/C16H18N2O2/c19-16-7-4-13-12-14(5-6-15(13)17-16)20-11-3-10-18-8-1-2-9-18/h1-2,5-6,8-9,12H,3-4,7,10-11H2,(H,17,19). The van der Waals surface area contributed by atoms with Crippen LogP contribution in [0.15, 0.2) is 42.7 Å². The lowest BCUT2D eigenvalue weighted by Crippen LogP contribution is -2.18. The molecule has 1 aromatic carbocycles. The van der Waals surface area contributed by atoms with Gasteiger partial charge in [0.15, 0.2) is 0 Å². The topological polar surface area (TPSA) is 43.3 Å². The third-order valence-corrected chi connectivity index (χ3v) is 3.47. The maximum atomic E-state index is 11.3. The molecule has 2 aromatic rings. The first kappa shape index (κ1) is 12.8. The van der Waals surface area contributed by atoms with Gasteiger partial charge in [-0.2, -0.15) is 0 Å². The minimum absolute atomic E-state index is 0.0953. The molecule has 0 saturated carbocycles. The van der Waals surface area contributed by atoms with Gasteiger partial charge in [-0.25, -0.2) is 0 Å². The summed E-state index contributed by atoms with van der Waals surface area (Å²) >= 11 is 0. The zero-order valence-corrected chi connectivity index (χ0v) is 11.3. The summed E-state index contributed by atoms with van der Waals surface area (Å²) in [6, 6.07) is 9.93. The number of hydrogen-bond acceptors (Lipinski definition) is 2. The Kier molecular flexibility index (Phi) is 3.72. The number of ether oxygens (including phenoxy) is 1. The Morgan fingerprint density at radius 2 is 2.05 bits per heavy atom. The SMILES string of the molecule is O=C1CCc2cc(OCCCn3cccc3)ccc2N1. The number of aromatic nitrogens is 1. The van der Waals surface area contributed by atoms with Crippen LogP contribution in [0.5, 0.6) is 5.75 Å². The van der Waals surface area contributed by atoms with Gasteiger partial charge in [-0.05, 0) is 48.7 Å². The number of nitrogens with zero attached hydrogens (tertiary/aromatic N) is 1. The maximum absolute atomic E-state index is 11.3. The van der Waals surface area contributed by atoms with Crippen LogP contribution in [0.3, 0.4) is 0 Å². The molecule has 0 radical (unpaired) electrons. The summed E-state index contributed by atoms with van der Waals surface area (Å²) in [5.41, 5.74) is 2.08. The van der Waals surface area contributed by atoms with Gasteiger partial charge in [0.1, 0.15) is 5.75 Å². The number of carbonyl (C=O) groups excluding carboxylic acids is 1. The van der Waals surface area contributed by atoms with Gasteiger partial charge in [0.2, 0.25) is 5.91 Å². The molecule has 104 valence electrons. The second-order valence-electron chi connectivity index (χ2n) is 4.99. The zero-order chi connectivity index (χ0) is 13.8. The molecule has 4 heteroatoms. The van der Waals surface area contributed by atoms with Gasteiger partial charge < -0.3 is 14.6 Å². The van der Waals surface area contributed by atoms with Crippen molar-refractivity contribution in [3.8, 4) is 5.75 Å². The highest BCUT2D eigenvalue weighted by Gasteiger charge is 2.14. The smallest absolute Gasteiger partial charge is 0.224 e. The van der Waals surface area contributed by atoms with Crippen molar-refractivity contribution in [1.82, 2.24) is 4.57 Å². The number of benzene rings is 1. The Morgan fingerprint density at radius 1 is 1.20 bits per heavy atom. The van der Waals surface area contributed by atoms with Crippen molar-refractivity contribution in [1.29, 1.82) is 0 Å². The molecule has 0 unspecified atom stereocenters. The number of hydrogen-bond donors (Lipinski definition) is 1. The molecule has 20 heavy (non-hydrogen) atoms. The molecule has 4 nitrogen and oxygen atoms in total. The number of anilines is 1. The first-order chi connectivity index (χ1) is 9.81. The van der Waals surface area contributed by atoms with E-state index in [4.69, 9.17) is 4.74 Å². The molecule has 1 aliphatic rings. The Hall–Kier alpha value is -2.23. The molecule has 1 N–H and O–H groups in total. The van der Waals surface area contributed by atoms with Crippen molar-refractivity contribution in [2.24, 2.45) is 0 Å². The molecule has 0 saturated heterocycles. The number of nitrogens with one attached hydrogen (secondary N) is 1. The normalized spacial score (nSPS) is 13.7. The van der Waals surface area contributed by atoms with Gasteiger partial charge in [0, 0.05) is 31.0 Å². The number of rotatable bonds is 5. The Bertz CT molecular complexity index is 591. The summed E-state index contributed by atoms with van der Waals surface area (Å²) < 4.78 is 7.92. The van der Waals surface area contributed by atoms with E-state index in [0.717, 1.165) is 36.4 Å². The van der Waals surface area contributed by atoms with E-state index < -0.39 is 0 Å². The maximum Gasteiger partial charge on any atom is 0.224 e. The van der Waals surface area contributed by atoms with Crippen LogP contribution in [0.4, 0.5) is 5.69 Å². The van der Waals surface area contributed by atoms with Gasteiger partial charge in [-0.15, -0.1) is 0 Å². The zero-order valence-electron chi connectivity index (χ0n) is 11.3. The highest BCUT2D eigenvalue weighted by molar-refractivity contribution is 5.93. The van der Waals surface area contributed by atoms with E-state index in [1.165, 1.54) is 0 Å². The van der Waals surface area contributed by atoms with Crippen molar-refractivity contribution in [2.75, 3.05) is 11.9 Å². The molecule has 0 aliphatic carbocycles. The van der Waals surface area contributed by atoms with Crippen LogP contribution in [0, 0.1) is 0 Å². The van der Waals surface area contributed by atoms with Crippen LogP contribution >= 0.6 is 0 Å². The fraction of sp³-hybridized carbons (Fsp3) is 0.312. The van der Waals surface area contributed by atoms with Gasteiger partial charge in [0.25, 0.3) is 0 Å². The van der Waals surface area contributed by atoms with Crippen LogP contribution in [-0.2, 0) is 17.8 Å². The second-order valence-corrected chi connectivity index (χ2v) is 4.99. The van der Waals surface area contributed by atoms with Gasteiger partial charge in [-0.3, -0.25) is 4.79 Å². The summed E-state index contributed by atoms with van der Waals surface area (Å²) in [7, 11) is 0. The largest absolute Gasteiger partial charge is 0.494 e. The first-order valence-corrected chi connectivity index (χ1v) is 6.97. The van der Waals surface area contributed by atoms with Crippen molar-refractivity contribution in [2.45, 2.75) is 25.8 Å². The third kappa shape index (κ3) is 3.02. The van der Waals surface area contributed by atoms with E-state index in [-0.39, 0.29) is 5.91 Å². The molecule has 3 rings (SSSR count). The quantitative estimate of drug-likeness (QED) is 0.849. The Morgan fingerprint density at radius 3 is 2.90 bits per heavy atom. The predicted molar refractivity (Wildman–Crippen MR) is 77.9 cm³/mol. The molecule has 2 heterocycles. The lowest BCUT2D eigenvalue weighted by molar-refractivity contribution is -0.116. The molecule has 1 aliphatic heterocycles. The lowest BCUT2D eigenvalue weighted by atomic mass is 10.0. The van der Waals surface area contributed by atoms with Crippen molar-refractivity contribution >= 4 is 11.6 Å². The molecular formula is C16H18N2O2. The first-order valence-electron chi connectivity index (χ1n) is 6.97. The highest BCUT2D eigenvalue weighted by Crippen LogP contribution is 2.26. The summed E-state index contributed by atoms with van der Waals surface area (Å²) in [5.74, 6) is 0.977. The van der Waals surface area contributed by atoms with E-state index >= 15 is 0 Å².